The third kappa shape index (κ3) is 6.13. The van der Waals surface area contributed by atoms with Crippen LogP contribution >= 0.6 is 11.6 Å². The largest absolute Gasteiger partial charge is 0.342 e. The van der Waals surface area contributed by atoms with E-state index >= 15 is 0 Å². The highest BCUT2D eigenvalue weighted by atomic mass is 35.5. The van der Waals surface area contributed by atoms with Crippen molar-refractivity contribution in [3.8, 4) is 11.4 Å². The van der Waals surface area contributed by atoms with E-state index in [9.17, 15) is 0 Å². The van der Waals surface area contributed by atoms with E-state index in [0.717, 1.165) is 11.3 Å². The molecule has 0 amide bonds. The molecule has 3 heterocycles. The average molecular weight is 374 g/mol. The molecule has 2 aromatic heterocycles. The normalized spacial score (nSPS) is 12.4. The molecule has 4 rings (SSSR count). The van der Waals surface area contributed by atoms with E-state index in [2.05, 4.69) is 30.3 Å². The highest BCUT2D eigenvalue weighted by Crippen LogP contribution is 2.24. The third-order valence-corrected chi connectivity index (χ3v) is 3.81. The molecule has 138 valence electrons. The molecule has 6 nitrogen and oxygen atoms in total. The van der Waals surface area contributed by atoms with Gasteiger partial charge in [-0.1, -0.05) is 42.7 Å². The first-order chi connectivity index (χ1) is 12.8. The minimum Gasteiger partial charge on any atom is -0.342 e. The number of nitrogens with zero attached hydrogens (tertiary/aromatic N) is 3. The van der Waals surface area contributed by atoms with Crippen LogP contribution < -0.4 is 10.6 Å². The lowest BCUT2D eigenvalue weighted by atomic mass is 10.2. The van der Waals surface area contributed by atoms with Crippen molar-refractivity contribution >= 4 is 23.1 Å². The number of anilines is 2. The van der Waals surface area contributed by atoms with Crippen molar-refractivity contribution in [2.45, 2.75) is 26.7 Å². The smallest absolute Gasteiger partial charge is 0.214 e. The molecule has 1 aromatic carbocycles. The first kappa shape index (κ1) is 19.9. The predicted molar refractivity (Wildman–Crippen MR) is 106 cm³/mol. The molecule has 26 heavy (non-hydrogen) atoms. The van der Waals surface area contributed by atoms with E-state index < -0.39 is 0 Å². The zero-order chi connectivity index (χ0) is 18.6. The van der Waals surface area contributed by atoms with Gasteiger partial charge in [0.05, 0.1) is 10.7 Å². The maximum absolute atomic E-state index is 6.06. The van der Waals surface area contributed by atoms with Crippen LogP contribution in [0.2, 0.25) is 5.02 Å². The van der Waals surface area contributed by atoms with Crippen molar-refractivity contribution < 1.29 is 4.52 Å². The van der Waals surface area contributed by atoms with Gasteiger partial charge in [0.1, 0.15) is 5.82 Å². The van der Waals surface area contributed by atoms with E-state index in [1.165, 1.54) is 32.3 Å². The Hall–Kier alpha value is -2.44. The number of halogens is 1. The summed E-state index contributed by atoms with van der Waals surface area (Å²) in [5.74, 6) is 1.21. The summed E-state index contributed by atoms with van der Waals surface area (Å²) in [6, 6.07) is 11.2. The molecule has 1 aliphatic rings. The molecule has 0 aliphatic carbocycles. The van der Waals surface area contributed by atoms with Gasteiger partial charge in [0, 0.05) is 11.8 Å². The molecule has 2 N–H and O–H groups in total. The van der Waals surface area contributed by atoms with Gasteiger partial charge < -0.3 is 15.2 Å². The van der Waals surface area contributed by atoms with Crippen LogP contribution in [0, 0.1) is 0 Å². The Balaban J connectivity index is 0.000000295. The fraction of sp³-hybridized carbons (Fsp3) is 0.316. The van der Waals surface area contributed by atoms with Crippen LogP contribution in [0.3, 0.4) is 0 Å². The Bertz CT molecular complexity index is 735. The number of pyridine rings is 1. The van der Waals surface area contributed by atoms with Crippen molar-refractivity contribution in [2.24, 2.45) is 0 Å². The highest BCUT2D eigenvalue weighted by molar-refractivity contribution is 6.33. The third-order valence-electron chi connectivity index (χ3n) is 3.48. The van der Waals surface area contributed by atoms with E-state index in [1.807, 2.05) is 50.2 Å². The summed E-state index contributed by atoms with van der Waals surface area (Å²) in [6.07, 6.45) is 5.73. The lowest BCUT2D eigenvalue weighted by molar-refractivity contribution is 0.418. The minimum absolute atomic E-state index is 0.511. The summed E-state index contributed by atoms with van der Waals surface area (Å²) < 4.78 is 4.69. The second kappa shape index (κ2) is 11.2. The zero-order valence-electron chi connectivity index (χ0n) is 15.1. The summed E-state index contributed by atoms with van der Waals surface area (Å²) in [5.41, 5.74) is 1.60. The van der Waals surface area contributed by atoms with Gasteiger partial charge in [-0.3, -0.25) is 0 Å². The fourth-order valence-electron chi connectivity index (χ4n) is 2.22. The molecule has 0 radical (unpaired) electrons. The van der Waals surface area contributed by atoms with Crippen molar-refractivity contribution in [3.63, 3.8) is 0 Å². The van der Waals surface area contributed by atoms with Crippen LogP contribution in [-0.2, 0) is 0 Å². The lowest BCUT2D eigenvalue weighted by Crippen LogP contribution is -2.03. The van der Waals surface area contributed by atoms with Crippen LogP contribution in [0.1, 0.15) is 26.7 Å². The SMILES string of the molecule is C1CCNC1.CC.Clc1ccccc1Nc1ccc(-c2ncon2)cn1. The van der Waals surface area contributed by atoms with Gasteiger partial charge in [0.2, 0.25) is 12.2 Å². The average Bonchev–Trinajstić information content (AvgIpc) is 3.43. The molecule has 0 spiro atoms. The first-order valence-corrected chi connectivity index (χ1v) is 9.16. The topological polar surface area (TPSA) is 75.9 Å². The summed E-state index contributed by atoms with van der Waals surface area (Å²) in [7, 11) is 0. The van der Waals surface area contributed by atoms with E-state index in [4.69, 9.17) is 11.6 Å². The molecule has 3 aromatic rings. The molecule has 0 saturated carbocycles. The Labute approximate surface area is 159 Å². The second-order valence-corrected chi connectivity index (χ2v) is 5.66. The van der Waals surface area contributed by atoms with Gasteiger partial charge in [-0.25, -0.2) is 4.98 Å². The molecule has 1 fully saturated rings. The fourth-order valence-corrected chi connectivity index (χ4v) is 2.41. The van der Waals surface area contributed by atoms with Crippen molar-refractivity contribution in [2.75, 3.05) is 18.4 Å². The number of hydrogen-bond donors (Lipinski definition) is 2. The molecule has 0 unspecified atom stereocenters. The van der Waals surface area contributed by atoms with Crippen LogP contribution in [0.15, 0.2) is 53.5 Å². The van der Waals surface area contributed by atoms with E-state index in [-0.39, 0.29) is 0 Å². The predicted octanol–water partition coefficient (Wildman–Crippen LogP) is 4.92. The van der Waals surface area contributed by atoms with Crippen molar-refractivity contribution in [1.29, 1.82) is 0 Å². The highest BCUT2D eigenvalue weighted by Gasteiger charge is 2.04. The summed E-state index contributed by atoms with van der Waals surface area (Å²) in [6.45, 7) is 6.50. The van der Waals surface area contributed by atoms with Gasteiger partial charge in [0.15, 0.2) is 0 Å². The summed E-state index contributed by atoms with van der Waals surface area (Å²) in [5, 5.41) is 10.8. The standard InChI is InChI=1S/C13H9ClN4O.C4H9N.C2H6/c14-10-3-1-2-4-11(10)17-12-6-5-9(7-15-12)13-16-8-19-18-13;1-2-4-5-3-1;1-2/h1-8H,(H,15,17);5H,1-4H2;1-2H3. The van der Waals surface area contributed by atoms with Crippen LogP contribution in [-0.4, -0.2) is 28.2 Å². The van der Waals surface area contributed by atoms with Gasteiger partial charge >= 0.3 is 0 Å². The Kier molecular flexibility index (Phi) is 8.59. The Morgan fingerprint density at radius 1 is 1.04 bits per heavy atom. The van der Waals surface area contributed by atoms with Gasteiger partial charge in [-0.05, 0) is 50.2 Å². The number of para-hydroxylation sites is 1. The monoisotopic (exact) mass is 373 g/mol. The van der Waals surface area contributed by atoms with Crippen LogP contribution in [0.5, 0.6) is 0 Å². The molecule has 1 saturated heterocycles. The summed E-state index contributed by atoms with van der Waals surface area (Å²) in [4.78, 5) is 8.23. The number of aromatic nitrogens is 3. The van der Waals surface area contributed by atoms with E-state index in [1.54, 1.807) is 6.20 Å². The van der Waals surface area contributed by atoms with Gasteiger partial charge in [-0.2, -0.15) is 4.98 Å². The molecule has 0 atom stereocenters. The molecule has 1 aliphatic heterocycles. The molecule has 7 heteroatoms. The number of hydrogen-bond acceptors (Lipinski definition) is 6. The van der Waals surface area contributed by atoms with Crippen LogP contribution in [0.4, 0.5) is 11.5 Å². The number of rotatable bonds is 3. The first-order valence-electron chi connectivity index (χ1n) is 8.78. The molecular formula is C19H24ClN5O. The van der Waals surface area contributed by atoms with E-state index in [0.29, 0.717) is 16.7 Å². The van der Waals surface area contributed by atoms with Gasteiger partial charge in [-0.15, -0.1) is 0 Å². The Morgan fingerprint density at radius 3 is 2.35 bits per heavy atom. The lowest BCUT2D eigenvalue weighted by Gasteiger charge is -2.07. The summed E-state index contributed by atoms with van der Waals surface area (Å²) >= 11 is 6.06. The maximum Gasteiger partial charge on any atom is 0.214 e. The quantitative estimate of drug-likeness (QED) is 0.678. The second-order valence-electron chi connectivity index (χ2n) is 5.25. The van der Waals surface area contributed by atoms with Crippen LogP contribution in [0.25, 0.3) is 11.4 Å². The zero-order valence-corrected chi connectivity index (χ0v) is 15.8. The molecular weight excluding hydrogens is 350 g/mol. The minimum atomic E-state index is 0.511. The van der Waals surface area contributed by atoms with Gasteiger partial charge in [0.25, 0.3) is 0 Å². The van der Waals surface area contributed by atoms with Crippen molar-refractivity contribution in [3.05, 3.63) is 54.0 Å². The number of nitrogens with one attached hydrogen (secondary N) is 2. The Morgan fingerprint density at radius 2 is 1.81 bits per heavy atom. The van der Waals surface area contributed by atoms with Crippen molar-refractivity contribution in [1.82, 2.24) is 20.4 Å². The number of benzene rings is 1. The maximum atomic E-state index is 6.06. The molecule has 0 bridgehead atoms.